The molecule has 1 aliphatic heterocycles. The Labute approximate surface area is 121 Å². The van der Waals surface area contributed by atoms with Gasteiger partial charge in [-0.25, -0.2) is 4.98 Å². The van der Waals surface area contributed by atoms with Crippen LogP contribution in [0.25, 0.3) is 0 Å². The van der Waals surface area contributed by atoms with Crippen LogP contribution in [0, 0.1) is 0 Å². The summed E-state index contributed by atoms with van der Waals surface area (Å²) in [5, 5.41) is 1.35. The van der Waals surface area contributed by atoms with Gasteiger partial charge in [-0.2, -0.15) is 11.8 Å². The first-order valence-electron chi connectivity index (χ1n) is 5.74. The fourth-order valence-electron chi connectivity index (χ4n) is 2.09. The first-order valence-corrected chi connectivity index (χ1v) is 7.44. The van der Waals surface area contributed by atoms with Crippen molar-refractivity contribution in [2.75, 3.05) is 13.1 Å². The SMILES string of the molecule is CC1CN(C(=O)c2ccc(Cl)nc2Cl)CC(C)S1. The van der Waals surface area contributed by atoms with E-state index >= 15 is 0 Å². The second kappa shape index (κ2) is 5.68. The quantitative estimate of drug-likeness (QED) is 0.746. The van der Waals surface area contributed by atoms with Gasteiger partial charge >= 0.3 is 0 Å². The lowest BCUT2D eigenvalue weighted by molar-refractivity contribution is 0.0753. The lowest BCUT2D eigenvalue weighted by atomic mass is 10.2. The Morgan fingerprint density at radius 1 is 1.33 bits per heavy atom. The van der Waals surface area contributed by atoms with Crippen molar-refractivity contribution in [2.45, 2.75) is 24.3 Å². The van der Waals surface area contributed by atoms with E-state index in [1.807, 2.05) is 16.7 Å². The van der Waals surface area contributed by atoms with E-state index < -0.39 is 0 Å². The molecule has 0 aromatic carbocycles. The van der Waals surface area contributed by atoms with Gasteiger partial charge in [-0.05, 0) is 12.1 Å². The Kier molecular flexibility index (Phi) is 4.41. The van der Waals surface area contributed by atoms with Gasteiger partial charge in [0.15, 0.2) is 0 Å². The zero-order valence-corrected chi connectivity index (χ0v) is 12.5. The summed E-state index contributed by atoms with van der Waals surface area (Å²) in [4.78, 5) is 18.1. The Morgan fingerprint density at radius 3 is 2.50 bits per heavy atom. The smallest absolute Gasteiger partial charge is 0.257 e. The summed E-state index contributed by atoms with van der Waals surface area (Å²) in [6.45, 7) is 5.74. The normalized spacial score (nSPS) is 24.1. The monoisotopic (exact) mass is 304 g/mol. The van der Waals surface area contributed by atoms with E-state index in [0.29, 0.717) is 21.2 Å². The summed E-state index contributed by atoms with van der Waals surface area (Å²) in [6.07, 6.45) is 0. The number of nitrogens with zero attached hydrogens (tertiary/aromatic N) is 2. The van der Waals surface area contributed by atoms with Crippen molar-refractivity contribution in [1.82, 2.24) is 9.88 Å². The predicted octanol–water partition coefficient (Wildman–Crippen LogP) is 3.35. The molecule has 98 valence electrons. The average Bonchev–Trinajstić information content (AvgIpc) is 2.26. The van der Waals surface area contributed by atoms with Crippen LogP contribution in [0.2, 0.25) is 10.3 Å². The highest BCUT2D eigenvalue weighted by Gasteiger charge is 2.27. The van der Waals surface area contributed by atoms with Gasteiger partial charge in [-0.1, -0.05) is 37.0 Å². The molecule has 2 unspecified atom stereocenters. The van der Waals surface area contributed by atoms with E-state index in [4.69, 9.17) is 23.2 Å². The van der Waals surface area contributed by atoms with Crippen LogP contribution >= 0.6 is 35.0 Å². The lowest BCUT2D eigenvalue weighted by Gasteiger charge is -2.34. The summed E-state index contributed by atoms with van der Waals surface area (Å²) in [5.74, 6) is -0.0665. The molecule has 0 radical (unpaired) electrons. The second-order valence-electron chi connectivity index (χ2n) is 4.44. The molecule has 0 aliphatic carbocycles. The molecule has 1 aliphatic rings. The van der Waals surface area contributed by atoms with Crippen molar-refractivity contribution >= 4 is 40.9 Å². The number of hydrogen-bond donors (Lipinski definition) is 0. The van der Waals surface area contributed by atoms with Crippen LogP contribution < -0.4 is 0 Å². The van der Waals surface area contributed by atoms with Crippen LogP contribution in [0.5, 0.6) is 0 Å². The average molecular weight is 305 g/mol. The molecule has 2 heterocycles. The van der Waals surface area contributed by atoms with Gasteiger partial charge in [0.1, 0.15) is 10.3 Å². The van der Waals surface area contributed by atoms with Crippen molar-refractivity contribution in [2.24, 2.45) is 0 Å². The van der Waals surface area contributed by atoms with E-state index in [1.54, 1.807) is 12.1 Å². The second-order valence-corrected chi connectivity index (χ2v) is 7.07. The molecule has 1 aromatic heterocycles. The number of rotatable bonds is 1. The highest BCUT2D eigenvalue weighted by atomic mass is 35.5. The van der Waals surface area contributed by atoms with E-state index in [2.05, 4.69) is 18.8 Å². The molecule has 1 aromatic rings. The van der Waals surface area contributed by atoms with E-state index in [-0.39, 0.29) is 11.1 Å². The van der Waals surface area contributed by atoms with E-state index in [9.17, 15) is 4.79 Å². The molecule has 0 spiro atoms. The molecule has 3 nitrogen and oxygen atoms in total. The molecule has 1 saturated heterocycles. The minimum atomic E-state index is -0.0665. The molecule has 1 amide bonds. The van der Waals surface area contributed by atoms with Crippen LogP contribution in [0.1, 0.15) is 24.2 Å². The number of hydrogen-bond acceptors (Lipinski definition) is 3. The highest BCUT2D eigenvalue weighted by Crippen LogP contribution is 2.27. The number of carbonyl (C=O) groups excluding carboxylic acids is 1. The summed E-state index contributed by atoms with van der Waals surface area (Å²) >= 11 is 13.6. The lowest BCUT2D eigenvalue weighted by Crippen LogP contribution is -2.44. The Hall–Kier alpha value is -0.450. The Morgan fingerprint density at radius 2 is 1.94 bits per heavy atom. The van der Waals surface area contributed by atoms with Crippen molar-refractivity contribution in [3.63, 3.8) is 0 Å². The molecule has 1 fully saturated rings. The van der Waals surface area contributed by atoms with Gasteiger partial charge < -0.3 is 4.90 Å². The fraction of sp³-hybridized carbons (Fsp3) is 0.500. The van der Waals surface area contributed by atoms with Crippen LogP contribution in [0.3, 0.4) is 0 Å². The van der Waals surface area contributed by atoms with Crippen molar-refractivity contribution in [3.05, 3.63) is 28.0 Å². The standard InChI is InChI=1S/C12H14Cl2N2OS/c1-7-5-16(6-8(2)18-7)12(17)9-3-4-10(13)15-11(9)14/h3-4,7-8H,5-6H2,1-2H3. The zero-order valence-electron chi connectivity index (χ0n) is 10.2. The molecule has 0 N–H and O–H groups in total. The minimum absolute atomic E-state index is 0.0665. The van der Waals surface area contributed by atoms with E-state index in [0.717, 1.165) is 13.1 Å². The van der Waals surface area contributed by atoms with Crippen molar-refractivity contribution in [1.29, 1.82) is 0 Å². The summed E-state index contributed by atoms with van der Waals surface area (Å²) in [5.41, 5.74) is 0.423. The summed E-state index contributed by atoms with van der Waals surface area (Å²) in [6, 6.07) is 3.23. The van der Waals surface area contributed by atoms with Crippen LogP contribution in [0.4, 0.5) is 0 Å². The third kappa shape index (κ3) is 3.11. The van der Waals surface area contributed by atoms with Crippen LogP contribution in [-0.4, -0.2) is 39.4 Å². The molecule has 2 atom stereocenters. The molecule has 0 saturated carbocycles. The maximum Gasteiger partial charge on any atom is 0.257 e. The van der Waals surface area contributed by atoms with Gasteiger partial charge in [0, 0.05) is 23.6 Å². The number of amides is 1. The van der Waals surface area contributed by atoms with Gasteiger partial charge in [0.25, 0.3) is 5.91 Å². The third-order valence-electron chi connectivity index (χ3n) is 2.75. The van der Waals surface area contributed by atoms with Gasteiger partial charge in [0.2, 0.25) is 0 Å². The molecular weight excluding hydrogens is 291 g/mol. The van der Waals surface area contributed by atoms with Gasteiger partial charge in [-0.3, -0.25) is 4.79 Å². The van der Waals surface area contributed by atoms with Crippen LogP contribution in [-0.2, 0) is 0 Å². The largest absolute Gasteiger partial charge is 0.336 e. The van der Waals surface area contributed by atoms with Crippen LogP contribution in [0.15, 0.2) is 12.1 Å². The zero-order chi connectivity index (χ0) is 13.3. The highest BCUT2D eigenvalue weighted by molar-refractivity contribution is 8.00. The van der Waals surface area contributed by atoms with Crippen molar-refractivity contribution < 1.29 is 4.79 Å². The third-order valence-corrected chi connectivity index (χ3v) is 4.48. The van der Waals surface area contributed by atoms with E-state index in [1.165, 1.54) is 0 Å². The Bertz CT molecular complexity index is 459. The number of carbonyl (C=O) groups is 1. The Balaban J connectivity index is 2.20. The molecular formula is C12H14Cl2N2OS. The number of thioether (sulfide) groups is 1. The summed E-state index contributed by atoms with van der Waals surface area (Å²) < 4.78 is 0. The fourth-order valence-corrected chi connectivity index (χ4v) is 3.84. The van der Waals surface area contributed by atoms with Crippen molar-refractivity contribution in [3.8, 4) is 0 Å². The number of pyridine rings is 1. The topological polar surface area (TPSA) is 33.2 Å². The maximum atomic E-state index is 12.4. The van der Waals surface area contributed by atoms with Gasteiger partial charge in [-0.15, -0.1) is 0 Å². The molecule has 18 heavy (non-hydrogen) atoms. The number of halogens is 2. The number of aromatic nitrogens is 1. The molecule has 0 bridgehead atoms. The predicted molar refractivity (Wildman–Crippen MR) is 76.7 cm³/mol. The molecule has 2 rings (SSSR count). The first kappa shape index (κ1) is 14.0. The first-order chi connectivity index (χ1) is 8.47. The summed E-state index contributed by atoms with van der Waals surface area (Å²) in [7, 11) is 0. The maximum absolute atomic E-state index is 12.4. The minimum Gasteiger partial charge on any atom is -0.336 e. The molecule has 6 heteroatoms. The van der Waals surface area contributed by atoms with Gasteiger partial charge in [0.05, 0.1) is 5.56 Å².